The topological polar surface area (TPSA) is 68.6 Å². The number of fused-ring (bicyclic) bond motifs is 1. The minimum atomic E-state index is 0.377. The molecule has 0 spiro atoms. The van der Waals surface area contributed by atoms with Gasteiger partial charge in [-0.3, -0.25) is 10.4 Å². The first-order valence-electron chi connectivity index (χ1n) is 9.07. The zero-order chi connectivity index (χ0) is 20.1. The molecule has 0 bridgehead atoms. The number of hydrogen-bond donors (Lipinski definition) is 1. The fraction of sp³-hybridized carbons (Fsp3) is 0.136. The van der Waals surface area contributed by atoms with Crippen molar-refractivity contribution in [2.75, 3.05) is 12.5 Å². The number of hydrazone groups is 1. The van der Waals surface area contributed by atoms with Gasteiger partial charge in [0.15, 0.2) is 0 Å². The summed E-state index contributed by atoms with van der Waals surface area (Å²) in [6.07, 6.45) is 3.53. The fourth-order valence-corrected chi connectivity index (χ4v) is 3.49. The molecule has 0 radical (unpaired) electrons. The number of rotatable bonds is 7. The Bertz CT molecular complexity index is 1160. The number of ether oxygens (including phenoxy) is 2. The third kappa shape index (κ3) is 4.70. The lowest BCUT2D eigenvalue weighted by Crippen LogP contribution is -2.00. The molecule has 0 saturated heterocycles. The lowest BCUT2D eigenvalue weighted by atomic mass is 10.1. The van der Waals surface area contributed by atoms with Gasteiger partial charge in [0.05, 0.1) is 24.5 Å². The smallest absolute Gasteiger partial charge is 0.203 e. The van der Waals surface area contributed by atoms with Crippen molar-refractivity contribution in [3.8, 4) is 11.5 Å². The van der Waals surface area contributed by atoms with Crippen LogP contribution in [0.1, 0.15) is 16.8 Å². The molecule has 2 heterocycles. The first-order chi connectivity index (χ1) is 14.2. The van der Waals surface area contributed by atoms with E-state index in [1.165, 1.54) is 11.3 Å². The van der Waals surface area contributed by atoms with Crippen LogP contribution in [0.15, 0.2) is 65.2 Å². The molecule has 0 fully saturated rings. The van der Waals surface area contributed by atoms with Crippen LogP contribution < -0.4 is 14.9 Å². The molecule has 4 aromatic rings. The Hall–Kier alpha value is -3.45. The van der Waals surface area contributed by atoms with E-state index < -0.39 is 0 Å². The third-order valence-electron chi connectivity index (χ3n) is 4.27. The van der Waals surface area contributed by atoms with E-state index in [0.717, 1.165) is 44.4 Å². The normalized spacial score (nSPS) is 11.1. The standard InChI is InChI=1S/C22H20N4O2S/c1-15-14-29-22(25-15)26-24-12-16-5-8-21(27-2)18(10-16)13-28-19-7-6-17-4-3-9-23-20(17)11-19/h3-12,14H,13H2,1-2H3,(H,25,26). The molecule has 4 rings (SSSR count). The van der Waals surface area contributed by atoms with Gasteiger partial charge in [-0.1, -0.05) is 6.07 Å². The van der Waals surface area contributed by atoms with E-state index in [1.807, 2.05) is 60.8 Å². The van der Waals surface area contributed by atoms with Crippen LogP contribution in [0.5, 0.6) is 11.5 Å². The number of hydrogen-bond acceptors (Lipinski definition) is 7. The minimum Gasteiger partial charge on any atom is -0.496 e. The predicted octanol–water partition coefficient (Wildman–Crippen LogP) is 5.03. The summed E-state index contributed by atoms with van der Waals surface area (Å²) in [5, 5.41) is 8.08. The van der Waals surface area contributed by atoms with Gasteiger partial charge in [0, 0.05) is 28.6 Å². The SMILES string of the molecule is COc1ccc(C=NNc2nc(C)cs2)cc1COc1ccc2cccnc2c1. The summed E-state index contributed by atoms with van der Waals surface area (Å²) in [5.41, 5.74) is 6.69. The number of anilines is 1. The maximum Gasteiger partial charge on any atom is 0.203 e. The summed E-state index contributed by atoms with van der Waals surface area (Å²) >= 11 is 1.52. The molecule has 2 aromatic heterocycles. The Morgan fingerprint density at radius 1 is 1.17 bits per heavy atom. The van der Waals surface area contributed by atoms with Crippen LogP contribution in [0.4, 0.5) is 5.13 Å². The summed E-state index contributed by atoms with van der Waals surface area (Å²) in [7, 11) is 1.65. The van der Waals surface area contributed by atoms with E-state index >= 15 is 0 Å². The summed E-state index contributed by atoms with van der Waals surface area (Å²) < 4.78 is 11.5. The van der Waals surface area contributed by atoms with E-state index in [0.29, 0.717) is 6.61 Å². The highest BCUT2D eigenvalue weighted by atomic mass is 32.1. The highest BCUT2D eigenvalue weighted by Crippen LogP contribution is 2.24. The van der Waals surface area contributed by atoms with Gasteiger partial charge in [0.1, 0.15) is 18.1 Å². The van der Waals surface area contributed by atoms with E-state index in [9.17, 15) is 0 Å². The van der Waals surface area contributed by atoms with Gasteiger partial charge in [0.2, 0.25) is 5.13 Å². The second-order valence-electron chi connectivity index (χ2n) is 6.38. The van der Waals surface area contributed by atoms with Crippen LogP contribution >= 0.6 is 11.3 Å². The molecule has 0 saturated carbocycles. The fourth-order valence-electron chi connectivity index (χ4n) is 2.86. The van der Waals surface area contributed by atoms with Crippen LogP contribution in [0.3, 0.4) is 0 Å². The second kappa shape index (κ2) is 8.70. The van der Waals surface area contributed by atoms with Crippen molar-refractivity contribution < 1.29 is 9.47 Å². The molecule has 0 aliphatic rings. The lowest BCUT2D eigenvalue weighted by Gasteiger charge is -2.11. The van der Waals surface area contributed by atoms with Gasteiger partial charge in [0.25, 0.3) is 0 Å². The van der Waals surface area contributed by atoms with Crippen molar-refractivity contribution in [1.29, 1.82) is 0 Å². The Labute approximate surface area is 172 Å². The molecule has 0 aliphatic carbocycles. The predicted molar refractivity (Wildman–Crippen MR) is 117 cm³/mol. The largest absolute Gasteiger partial charge is 0.496 e. The maximum atomic E-state index is 5.99. The van der Waals surface area contributed by atoms with Crippen molar-refractivity contribution in [2.24, 2.45) is 5.10 Å². The maximum absolute atomic E-state index is 5.99. The molecule has 1 N–H and O–H groups in total. The number of aryl methyl sites for hydroxylation is 1. The summed E-state index contributed by atoms with van der Waals surface area (Å²) in [6, 6.07) is 15.7. The Kier molecular flexibility index (Phi) is 5.67. The van der Waals surface area contributed by atoms with Crippen molar-refractivity contribution in [3.63, 3.8) is 0 Å². The average Bonchev–Trinajstić information content (AvgIpc) is 3.17. The monoisotopic (exact) mass is 404 g/mol. The summed E-state index contributed by atoms with van der Waals surface area (Å²) in [4.78, 5) is 8.69. The molecule has 6 nitrogen and oxygen atoms in total. The van der Waals surface area contributed by atoms with Gasteiger partial charge >= 0.3 is 0 Å². The van der Waals surface area contributed by atoms with E-state index in [2.05, 4.69) is 20.5 Å². The van der Waals surface area contributed by atoms with Crippen LogP contribution in [0, 0.1) is 6.92 Å². The lowest BCUT2D eigenvalue weighted by molar-refractivity contribution is 0.297. The third-order valence-corrected chi connectivity index (χ3v) is 5.13. The van der Waals surface area contributed by atoms with E-state index in [4.69, 9.17) is 9.47 Å². The van der Waals surface area contributed by atoms with Crippen molar-refractivity contribution in [2.45, 2.75) is 13.5 Å². The number of aromatic nitrogens is 2. The van der Waals surface area contributed by atoms with Crippen molar-refractivity contribution in [3.05, 3.63) is 76.9 Å². The first kappa shape index (κ1) is 18.9. The Morgan fingerprint density at radius 3 is 2.93 bits per heavy atom. The molecule has 146 valence electrons. The zero-order valence-corrected chi connectivity index (χ0v) is 16.9. The van der Waals surface area contributed by atoms with Crippen molar-refractivity contribution >= 4 is 33.6 Å². The number of nitrogens with one attached hydrogen (secondary N) is 1. The zero-order valence-electron chi connectivity index (χ0n) is 16.1. The van der Waals surface area contributed by atoms with Crippen LogP contribution in [-0.2, 0) is 6.61 Å². The number of pyridine rings is 1. The molecule has 0 aliphatic heterocycles. The molecule has 2 aromatic carbocycles. The Morgan fingerprint density at radius 2 is 2.10 bits per heavy atom. The number of thiazole rings is 1. The average molecular weight is 404 g/mol. The molecular weight excluding hydrogens is 384 g/mol. The second-order valence-corrected chi connectivity index (χ2v) is 7.24. The van der Waals surface area contributed by atoms with E-state index in [1.54, 1.807) is 19.5 Å². The van der Waals surface area contributed by atoms with Gasteiger partial charge in [-0.15, -0.1) is 11.3 Å². The van der Waals surface area contributed by atoms with Crippen molar-refractivity contribution in [1.82, 2.24) is 9.97 Å². The molecular formula is C22H20N4O2S. The minimum absolute atomic E-state index is 0.377. The number of methoxy groups -OCH3 is 1. The molecule has 7 heteroatoms. The summed E-state index contributed by atoms with van der Waals surface area (Å²) in [5.74, 6) is 1.53. The van der Waals surface area contributed by atoms with Gasteiger partial charge in [-0.25, -0.2) is 4.98 Å². The quantitative estimate of drug-likeness (QED) is 0.345. The number of benzene rings is 2. The molecule has 29 heavy (non-hydrogen) atoms. The Balaban J connectivity index is 1.47. The number of nitrogens with zero attached hydrogens (tertiary/aromatic N) is 3. The van der Waals surface area contributed by atoms with Gasteiger partial charge < -0.3 is 9.47 Å². The summed E-state index contributed by atoms with van der Waals surface area (Å²) in [6.45, 7) is 2.33. The first-order valence-corrected chi connectivity index (χ1v) is 9.95. The highest BCUT2D eigenvalue weighted by Gasteiger charge is 2.06. The van der Waals surface area contributed by atoms with Crippen LogP contribution in [0.25, 0.3) is 10.9 Å². The van der Waals surface area contributed by atoms with Gasteiger partial charge in [-0.05, 0) is 48.9 Å². The molecule has 0 atom stereocenters. The van der Waals surface area contributed by atoms with Gasteiger partial charge in [-0.2, -0.15) is 5.10 Å². The van der Waals surface area contributed by atoms with Crippen LogP contribution in [-0.4, -0.2) is 23.3 Å². The molecule has 0 amide bonds. The van der Waals surface area contributed by atoms with E-state index in [-0.39, 0.29) is 0 Å². The van der Waals surface area contributed by atoms with Crippen LogP contribution in [0.2, 0.25) is 0 Å². The molecule has 0 unspecified atom stereocenters. The highest BCUT2D eigenvalue weighted by molar-refractivity contribution is 7.13.